The fourth-order valence-electron chi connectivity index (χ4n) is 2.04. The number of anilines is 1. The van der Waals surface area contributed by atoms with Gasteiger partial charge in [-0.3, -0.25) is 4.79 Å². The van der Waals surface area contributed by atoms with Crippen LogP contribution in [0, 0.1) is 0 Å². The Labute approximate surface area is 127 Å². The number of carbonyl (C=O) groups excluding carboxylic acids is 1. The van der Waals surface area contributed by atoms with Gasteiger partial charge in [0.25, 0.3) is 0 Å². The molecule has 1 rings (SSSR count). The molecule has 2 N–H and O–H groups in total. The van der Waals surface area contributed by atoms with E-state index in [1.807, 2.05) is 12.1 Å². The van der Waals surface area contributed by atoms with Gasteiger partial charge in [0.2, 0.25) is 0 Å². The molecular weight excluding hydrogens is 266 g/mol. The minimum atomic E-state index is -0.143. The number of benzene rings is 1. The number of hydrogen-bond acceptors (Lipinski definition) is 4. The summed E-state index contributed by atoms with van der Waals surface area (Å²) in [6.45, 7) is 2.79. The molecule has 4 heteroatoms. The molecule has 0 bridgehead atoms. The third-order valence-corrected chi connectivity index (χ3v) is 3.26. The molecule has 0 aromatic heterocycles. The molecule has 0 saturated heterocycles. The number of para-hydroxylation sites is 2. The van der Waals surface area contributed by atoms with Crippen molar-refractivity contribution in [2.75, 3.05) is 18.9 Å². The minimum absolute atomic E-state index is 0.143. The van der Waals surface area contributed by atoms with Crippen LogP contribution in [0.15, 0.2) is 24.3 Å². The summed E-state index contributed by atoms with van der Waals surface area (Å²) in [6, 6.07) is 7.28. The van der Waals surface area contributed by atoms with Crippen LogP contribution in [-0.2, 0) is 9.53 Å². The van der Waals surface area contributed by atoms with Crippen molar-refractivity contribution in [2.24, 2.45) is 0 Å². The first-order valence-electron chi connectivity index (χ1n) is 7.87. The van der Waals surface area contributed by atoms with E-state index in [9.17, 15) is 4.79 Å². The van der Waals surface area contributed by atoms with Crippen molar-refractivity contribution in [3.63, 3.8) is 0 Å². The Balaban J connectivity index is 2.00. The third-order valence-electron chi connectivity index (χ3n) is 3.26. The van der Waals surface area contributed by atoms with Crippen molar-refractivity contribution in [1.29, 1.82) is 0 Å². The van der Waals surface area contributed by atoms with Gasteiger partial charge in [0.1, 0.15) is 19.0 Å². The summed E-state index contributed by atoms with van der Waals surface area (Å²) in [5.41, 5.74) is 6.34. The standard InChI is InChI=1S/C17H27NO3/c1-2-3-4-5-6-7-12-17(19)21-14-13-20-16-11-9-8-10-15(16)18/h8-11H,2-7,12-14,18H2,1H3. The second-order valence-electron chi connectivity index (χ2n) is 5.12. The highest BCUT2D eigenvalue weighted by Crippen LogP contribution is 2.19. The number of unbranched alkanes of at least 4 members (excludes halogenated alkanes) is 5. The maximum Gasteiger partial charge on any atom is 0.305 e. The van der Waals surface area contributed by atoms with E-state index in [0.29, 0.717) is 24.5 Å². The SMILES string of the molecule is CCCCCCCCC(=O)OCCOc1ccccc1N. The largest absolute Gasteiger partial charge is 0.488 e. The number of ether oxygens (including phenoxy) is 2. The fraction of sp³-hybridized carbons (Fsp3) is 0.588. The number of rotatable bonds is 11. The number of hydrogen-bond donors (Lipinski definition) is 1. The highest BCUT2D eigenvalue weighted by Gasteiger charge is 2.03. The first-order chi connectivity index (χ1) is 10.2. The number of nitrogen functional groups attached to an aromatic ring is 1. The van der Waals surface area contributed by atoms with Crippen molar-refractivity contribution in [3.05, 3.63) is 24.3 Å². The molecule has 0 aliphatic carbocycles. The molecule has 0 fully saturated rings. The van der Waals surface area contributed by atoms with Gasteiger partial charge >= 0.3 is 5.97 Å². The van der Waals surface area contributed by atoms with Crippen LogP contribution in [0.1, 0.15) is 51.9 Å². The van der Waals surface area contributed by atoms with Crippen molar-refractivity contribution in [3.8, 4) is 5.75 Å². The van der Waals surface area contributed by atoms with Crippen LogP contribution < -0.4 is 10.5 Å². The lowest BCUT2D eigenvalue weighted by molar-refractivity contribution is -0.144. The van der Waals surface area contributed by atoms with Crippen LogP contribution in [-0.4, -0.2) is 19.2 Å². The molecule has 0 atom stereocenters. The smallest absolute Gasteiger partial charge is 0.305 e. The van der Waals surface area contributed by atoms with E-state index in [1.54, 1.807) is 12.1 Å². The predicted molar refractivity (Wildman–Crippen MR) is 85.3 cm³/mol. The van der Waals surface area contributed by atoms with Crippen LogP contribution in [0.4, 0.5) is 5.69 Å². The third kappa shape index (κ3) is 8.23. The van der Waals surface area contributed by atoms with Gasteiger partial charge in [-0.1, -0.05) is 51.2 Å². The molecule has 118 valence electrons. The highest BCUT2D eigenvalue weighted by atomic mass is 16.6. The Morgan fingerprint density at radius 1 is 1.05 bits per heavy atom. The lowest BCUT2D eigenvalue weighted by Gasteiger charge is -2.09. The Morgan fingerprint density at radius 2 is 1.76 bits per heavy atom. The van der Waals surface area contributed by atoms with Crippen LogP contribution in [0.2, 0.25) is 0 Å². The minimum Gasteiger partial charge on any atom is -0.488 e. The molecule has 1 aromatic carbocycles. The number of esters is 1. The maximum atomic E-state index is 11.5. The van der Waals surface area contributed by atoms with Crippen molar-refractivity contribution in [2.45, 2.75) is 51.9 Å². The average molecular weight is 293 g/mol. The molecular formula is C17H27NO3. The Kier molecular flexibility index (Phi) is 9.09. The summed E-state index contributed by atoms with van der Waals surface area (Å²) in [5, 5.41) is 0. The van der Waals surface area contributed by atoms with E-state index in [2.05, 4.69) is 6.92 Å². The second kappa shape index (κ2) is 11.0. The normalized spacial score (nSPS) is 10.3. The molecule has 21 heavy (non-hydrogen) atoms. The monoisotopic (exact) mass is 293 g/mol. The Morgan fingerprint density at radius 3 is 2.52 bits per heavy atom. The van der Waals surface area contributed by atoms with Gasteiger partial charge in [-0.05, 0) is 18.6 Å². The lowest BCUT2D eigenvalue weighted by Crippen LogP contribution is -2.12. The van der Waals surface area contributed by atoms with Crippen LogP contribution >= 0.6 is 0 Å². The van der Waals surface area contributed by atoms with E-state index in [1.165, 1.54) is 25.7 Å². The number of nitrogens with two attached hydrogens (primary N) is 1. The van der Waals surface area contributed by atoms with Gasteiger partial charge in [-0.2, -0.15) is 0 Å². The van der Waals surface area contributed by atoms with Gasteiger partial charge < -0.3 is 15.2 Å². The van der Waals surface area contributed by atoms with Gasteiger partial charge in [0.05, 0.1) is 5.69 Å². The first-order valence-corrected chi connectivity index (χ1v) is 7.87. The van der Waals surface area contributed by atoms with Crippen LogP contribution in [0.25, 0.3) is 0 Å². The molecule has 0 amide bonds. The Hall–Kier alpha value is -1.71. The molecule has 0 radical (unpaired) electrons. The van der Waals surface area contributed by atoms with E-state index >= 15 is 0 Å². The molecule has 0 unspecified atom stereocenters. The van der Waals surface area contributed by atoms with Gasteiger partial charge in [0.15, 0.2) is 0 Å². The molecule has 0 aliphatic rings. The van der Waals surface area contributed by atoms with Crippen molar-refractivity contribution < 1.29 is 14.3 Å². The van der Waals surface area contributed by atoms with Gasteiger partial charge in [-0.15, -0.1) is 0 Å². The van der Waals surface area contributed by atoms with Gasteiger partial charge in [0, 0.05) is 6.42 Å². The predicted octanol–water partition coefficient (Wildman–Crippen LogP) is 3.94. The summed E-state index contributed by atoms with van der Waals surface area (Å²) in [7, 11) is 0. The zero-order chi connectivity index (χ0) is 15.3. The lowest BCUT2D eigenvalue weighted by atomic mass is 10.1. The second-order valence-corrected chi connectivity index (χ2v) is 5.12. The number of carbonyl (C=O) groups is 1. The van der Waals surface area contributed by atoms with E-state index in [0.717, 1.165) is 12.8 Å². The molecule has 0 heterocycles. The van der Waals surface area contributed by atoms with Crippen molar-refractivity contribution in [1.82, 2.24) is 0 Å². The topological polar surface area (TPSA) is 61.5 Å². The van der Waals surface area contributed by atoms with Gasteiger partial charge in [-0.25, -0.2) is 0 Å². The fourth-order valence-corrected chi connectivity index (χ4v) is 2.04. The van der Waals surface area contributed by atoms with E-state index in [-0.39, 0.29) is 12.6 Å². The molecule has 0 saturated carbocycles. The highest BCUT2D eigenvalue weighted by molar-refractivity contribution is 5.69. The summed E-state index contributed by atoms with van der Waals surface area (Å²) in [4.78, 5) is 11.5. The van der Waals surface area contributed by atoms with Crippen molar-refractivity contribution >= 4 is 11.7 Å². The molecule has 4 nitrogen and oxygen atoms in total. The van der Waals surface area contributed by atoms with Crippen LogP contribution in [0.5, 0.6) is 5.75 Å². The molecule has 1 aromatic rings. The summed E-state index contributed by atoms with van der Waals surface area (Å²) in [5.74, 6) is 0.486. The van der Waals surface area contributed by atoms with E-state index in [4.69, 9.17) is 15.2 Å². The zero-order valence-corrected chi connectivity index (χ0v) is 13.0. The maximum absolute atomic E-state index is 11.5. The average Bonchev–Trinajstić information content (AvgIpc) is 2.49. The quantitative estimate of drug-likeness (QED) is 0.381. The van der Waals surface area contributed by atoms with Crippen LogP contribution in [0.3, 0.4) is 0 Å². The summed E-state index contributed by atoms with van der Waals surface area (Å²) >= 11 is 0. The summed E-state index contributed by atoms with van der Waals surface area (Å²) in [6.07, 6.45) is 7.51. The zero-order valence-electron chi connectivity index (χ0n) is 13.0. The Bertz CT molecular complexity index is 407. The molecule has 0 spiro atoms. The summed E-state index contributed by atoms with van der Waals surface area (Å²) < 4.78 is 10.6. The molecule has 0 aliphatic heterocycles. The first kappa shape index (κ1) is 17.3. The van der Waals surface area contributed by atoms with E-state index < -0.39 is 0 Å².